The van der Waals surface area contributed by atoms with E-state index in [1.54, 1.807) is 16.7 Å². The van der Waals surface area contributed by atoms with Gasteiger partial charge in [0.25, 0.3) is 0 Å². The van der Waals surface area contributed by atoms with Gasteiger partial charge in [-0.3, -0.25) is 0 Å². The summed E-state index contributed by atoms with van der Waals surface area (Å²) in [6.45, 7) is 16.0. The molecule has 142 valence electrons. The van der Waals surface area contributed by atoms with Gasteiger partial charge in [-0.15, -0.1) is 0 Å². The number of rotatable bonds is 2. The van der Waals surface area contributed by atoms with Crippen LogP contribution in [-0.4, -0.2) is 13.1 Å². The molecule has 0 aromatic heterocycles. The van der Waals surface area contributed by atoms with Crippen molar-refractivity contribution in [3.05, 3.63) is 56.4 Å². The number of allylic oxidation sites excluding steroid dienone is 5. The van der Waals surface area contributed by atoms with Gasteiger partial charge >= 0.3 is 0 Å². The minimum atomic E-state index is 0.313. The van der Waals surface area contributed by atoms with Gasteiger partial charge in [-0.1, -0.05) is 45.4 Å². The highest BCUT2D eigenvalue weighted by molar-refractivity contribution is 9.12. The molecule has 1 saturated heterocycles. The van der Waals surface area contributed by atoms with E-state index in [1.807, 2.05) is 0 Å². The van der Waals surface area contributed by atoms with Gasteiger partial charge in [0.2, 0.25) is 0 Å². The van der Waals surface area contributed by atoms with Crippen molar-refractivity contribution in [2.45, 2.75) is 66.2 Å². The summed E-state index contributed by atoms with van der Waals surface area (Å²) in [7, 11) is 0. The molecule has 0 bridgehead atoms. The van der Waals surface area contributed by atoms with Crippen molar-refractivity contribution < 1.29 is 0 Å². The molecule has 2 aliphatic heterocycles. The Morgan fingerprint density at radius 3 is 2.42 bits per heavy atom. The zero-order chi connectivity index (χ0) is 18.9. The minimum Gasteiger partial charge on any atom is -0.360 e. The van der Waals surface area contributed by atoms with Crippen molar-refractivity contribution >= 4 is 15.9 Å². The van der Waals surface area contributed by atoms with Crippen LogP contribution >= 0.6 is 15.9 Å². The molecule has 2 heterocycles. The first kappa shape index (κ1) is 19.7. The second-order valence-corrected chi connectivity index (χ2v) is 9.72. The molecule has 0 amide bonds. The van der Waals surface area contributed by atoms with Crippen LogP contribution < -0.4 is 10.6 Å². The van der Waals surface area contributed by atoms with Crippen molar-refractivity contribution in [2.24, 2.45) is 5.41 Å². The van der Waals surface area contributed by atoms with Gasteiger partial charge in [-0.05, 0) is 89.7 Å². The molecule has 2 N–H and O–H groups in total. The maximum Gasteiger partial charge on any atom is 0.0494 e. The zero-order valence-electron chi connectivity index (χ0n) is 16.8. The molecular weight excluding hydrogens is 384 g/mol. The Kier molecular flexibility index (Phi) is 5.98. The highest BCUT2D eigenvalue weighted by Crippen LogP contribution is 2.44. The Balaban J connectivity index is 2.16. The smallest absolute Gasteiger partial charge is 0.0494 e. The van der Waals surface area contributed by atoms with Gasteiger partial charge < -0.3 is 10.6 Å². The third-order valence-electron chi connectivity index (χ3n) is 5.61. The molecule has 0 atom stereocenters. The van der Waals surface area contributed by atoms with Crippen LogP contribution in [0, 0.1) is 5.41 Å². The van der Waals surface area contributed by atoms with Gasteiger partial charge in [0.15, 0.2) is 0 Å². The molecule has 1 fully saturated rings. The van der Waals surface area contributed by atoms with Gasteiger partial charge in [0.05, 0.1) is 0 Å². The maximum atomic E-state index is 4.38. The third-order valence-corrected chi connectivity index (χ3v) is 6.32. The largest absolute Gasteiger partial charge is 0.360 e. The number of halogens is 1. The summed E-state index contributed by atoms with van der Waals surface area (Å²) in [5, 5.41) is 7.15. The van der Waals surface area contributed by atoms with Crippen LogP contribution in [-0.2, 0) is 0 Å². The Hall–Kier alpha value is -1.06. The van der Waals surface area contributed by atoms with E-state index in [0.29, 0.717) is 5.41 Å². The van der Waals surface area contributed by atoms with Crippen LogP contribution in [0.5, 0.6) is 0 Å². The monoisotopic (exact) mass is 416 g/mol. The molecule has 26 heavy (non-hydrogen) atoms. The molecule has 0 spiro atoms. The van der Waals surface area contributed by atoms with E-state index >= 15 is 0 Å². The van der Waals surface area contributed by atoms with E-state index in [9.17, 15) is 0 Å². The Labute approximate surface area is 167 Å². The summed E-state index contributed by atoms with van der Waals surface area (Å²) in [6.07, 6.45) is 8.88. The third kappa shape index (κ3) is 4.09. The van der Waals surface area contributed by atoms with Gasteiger partial charge in [-0.25, -0.2) is 0 Å². The first-order valence-corrected chi connectivity index (χ1v) is 10.8. The van der Waals surface area contributed by atoms with Crippen LogP contribution in [0.4, 0.5) is 0 Å². The number of nitrogens with one attached hydrogen (secondary N) is 2. The van der Waals surface area contributed by atoms with E-state index < -0.39 is 0 Å². The average molecular weight is 417 g/mol. The first-order chi connectivity index (χ1) is 12.3. The van der Waals surface area contributed by atoms with E-state index in [-0.39, 0.29) is 0 Å². The number of dihydropyridines is 1. The topological polar surface area (TPSA) is 24.1 Å². The molecule has 3 heteroatoms. The standard InChI is InChI=1S/C23H33BrN2/c1-6-18-17(13-23(3,4)5)7-8-19-15(2)20(24)14-26-22(19)21(18)16-9-11-25-12-10-16/h14,25-26H,2,6-13H2,1,3-5H3. The van der Waals surface area contributed by atoms with Crippen molar-refractivity contribution in [1.29, 1.82) is 0 Å². The quantitative estimate of drug-likeness (QED) is 0.555. The molecule has 0 unspecified atom stereocenters. The zero-order valence-corrected chi connectivity index (χ0v) is 18.4. The van der Waals surface area contributed by atoms with Crippen LogP contribution in [0.2, 0.25) is 0 Å². The second kappa shape index (κ2) is 7.90. The highest BCUT2D eigenvalue weighted by atomic mass is 79.9. The lowest BCUT2D eigenvalue weighted by molar-refractivity contribution is 0.402. The predicted octanol–water partition coefficient (Wildman–Crippen LogP) is 6.25. The van der Waals surface area contributed by atoms with Crippen molar-refractivity contribution in [2.75, 3.05) is 13.1 Å². The Bertz CT molecular complexity index is 718. The molecule has 0 aromatic carbocycles. The first-order valence-electron chi connectivity index (χ1n) is 10.0. The van der Waals surface area contributed by atoms with Crippen molar-refractivity contribution in [3.8, 4) is 0 Å². The lowest BCUT2D eigenvalue weighted by Gasteiger charge is -2.28. The normalized spacial score (nSPS) is 22.2. The lowest BCUT2D eigenvalue weighted by Crippen LogP contribution is -2.26. The second-order valence-electron chi connectivity index (χ2n) is 8.87. The number of hydrogen-bond donors (Lipinski definition) is 2. The fourth-order valence-electron chi connectivity index (χ4n) is 4.49. The van der Waals surface area contributed by atoms with Crippen LogP contribution in [0.15, 0.2) is 56.4 Å². The van der Waals surface area contributed by atoms with E-state index in [1.165, 1.54) is 23.3 Å². The van der Waals surface area contributed by atoms with Gasteiger partial charge in [-0.2, -0.15) is 0 Å². The maximum absolute atomic E-state index is 4.38. The molecule has 0 radical (unpaired) electrons. The van der Waals surface area contributed by atoms with Crippen LogP contribution in [0.1, 0.15) is 66.2 Å². The molecule has 3 aliphatic rings. The van der Waals surface area contributed by atoms with Crippen molar-refractivity contribution in [3.63, 3.8) is 0 Å². The summed E-state index contributed by atoms with van der Waals surface area (Å²) in [4.78, 5) is 0. The highest BCUT2D eigenvalue weighted by Gasteiger charge is 2.29. The van der Waals surface area contributed by atoms with Crippen LogP contribution in [0.25, 0.3) is 0 Å². The van der Waals surface area contributed by atoms with Crippen LogP contribution in [0.3, 0.4) is 0 Å². The predicted molar refractivity (Wildman–Crippen MR) is 116 cm³/mol. The molecule has 1 aliphatic carbocycles. The van der Waals surface area contributed by atoms with E-state index in [4.69, 9.17) is 0 Å². The fourth-order valence-corrected chi connectivity index (χ4v) is 4.84. The minimum absolute atomic E-state index is 0.313. The number of hydrogen-bond acceptors (Lipinski definition) is 2. The van der Waals surface area contributed by atoms with E-state index in [0.717, 1.165) is 55.2 Å². The van der Waals surface area contributed by atoms with Gasteiger partial charge in [0, 0.05) is 22.0 Å². The molecule has 3 rings (SSSR count). The van der Waals surface area contributed by atoms with Gasteiger partial charge in [0.1, 0.15) is 0 Å². The fraction of sp³-hybridized carbons (Fsp3) is 0.565. The van der Waals surface area contributed by atoms with E-state index in [2.05, 4.69) is 67.0 Å². The summed E-state index contributed by atoms with van der Waals surface area (Å²) >= 11 is 3.68. The lowest BCUT2D eigenvalue weighted by atomic mass is 9.81. The molecule has 0 saturated carbocycles. The SMILES string of the molecule is C=C1C(Br)=CNC2=C1CCC(CC(C)(C)C)=C(CC)C2=C1CCNCC1. The summed E-state index contributed by atoms with van der Waals surface area (Å²) in [6, 6.07) is 0. The Morgan fingerprint density at radius 1 is 1.12 bits per heavy atom. The molecule has 2 nitrogen and oxygen atoms in total. The Morgan fingerprint density at radius 2 is 1.81 bits per heavy atom. The molecule has 0 aromatic rings. The summed E-state index contributed by atoms with van der Waals surface area (Å²) in [5.41, 5.74) is 10.6. The average Bonchev–Trinajstić information content (AvgIpc) is 2.74. The molecular formula is C23H33BrN2. The summed E-state index contributed by atoms with van der Waals surface area (Å²) < 4.78 is 1.09. The van der Waals surface area contributed by atoms with Crippen molar-refractivity contribution in [1.82, 2.24) is 10.6 Å². The summed E-state index contributed by atoms with van der Waals surface area (Å²) in [5.74, 6) is 0. The number of piperidine rings is 1.